The zero-order valence-electron chi connectivity index (χ0n) is 13.0. The largest absolute Gasteiger partial charge is 0.490 e. The Morgan fingerprint density at radius 3 is 2.78 bits per heavy atom. The highest BCUT2D eigenvalue weighted by Crippen LogP contribution is 2.29. The molecule has 0 saturated heterocycles. The molecule has 2 aromatic rings. The fraction of sp³-hybridized carbons (Fsp3) is 0.222. The maximum absolute atomic E-state index is 12.5. The number of carbonyl (C=O) groups excluding carboxylic acids is 2. The molecule has 1 heterocycles. The number of rotatable bonds is 3. The zero-order valence-corrected chi connectivity index (χ0v) is 13.0. The molecule has 5 heteroatoms. The molecule has 1 N–H and O–H groups in total. The van der Waals surface area contributed by atoms with E-state index in [1.807, 2.05) is 13.0 Å². The molecule has 0 radical (unpaired) electrons. The summed E-state index contributed by atoms with van der Waals surface area (Å²) in [6.45, 7) is 1.99. The van der Waals surface area contributed by atoms with Gasteiger partial charge in [-0.1, -0.05) is 12.1 Å². The lowest BCUT2D eigenvalue weighted by Gasteiger charge is -2.10. The van der Waals surface area contributed by atoms with Crippen molar-refractivity contribution in [1.29, 1.82) is 0 Å². The van der Waals surface area contributed by atoms with Gasteiger partial charge in [0.2, 0.25) is 0 Å². The van der Waals surface area contributed by atoms with Gasteiger partial charge in [0, 0.05) is 12.0 Å². The van der Waals surface area contributed by atoms with E-state index in [-0.39, 0.29) is 12.0 Å². The van der Waals surface area contributed by atoms with Crippen molar-refractivity contribution in [3.63, 3.8) is 0 Å². The van der Waals surface area contributed by atoms with Crippen molar-refractivity contribution >= 4 is 17.6 Å². The highest BCUT2D eigenvalue weighted by Gasteiger charge is 2.21. The molecule has 1 atom stereocenters. The van der Waals surface area contributed by atoms with E-state index < -0.39 is 5.97 Å². The van der Waals surface area contributed by atoms with Gasteiger partial charge in [-0.15, -0.1) is 0 Å². The van der Waals surface area contributed by atoms with E-state index in [1.54, 1.807) is 36.4 Å². The van der Waals surface area contributed by atoms with E-state index in [9.17, 15) is 9.59 Å². The molecular formula is C18H17NO4. The maximum Gasteiger partial charge on any atom is 0.339 e. The van der Waals surface area contributed by atoms with Crippen LogP contribution >= 0.6 is 0 Å². The molecule has 0 saturated carbocycles. The Morgan fingerprint density at radius 1 is 1.22 bits per heavy atom. The lowest BCUT2D eigenvalue weighted by atomic mass is 10.1. The summed E-state index contributed by atoms with van der Waals surface area (Å²) < 4.78 is 10.4. The third-order valence-corrected chi connectivity index (χ3v) is 3.74. The average molecular weight is 311 g/mol. The first kappa shape index (κ1) is 15.1. The maximum atomic E-state index is 12.5. The molecular weight excluding hydrogens is 294 g/mol. The number of hydrogen-bond acceptors (Lipinski definition) is 4. The number of ether oxygens (including phenoxy) is 2. The number of nitrogens with one attached hydrogen (secondary N) is 1. The second-order valence-electron chi connectivity index (χ2n) is 5.45. The second kappa shape index (κ2) is 6.12. The Morgan fingerprint density at radius 2 is 2.00 bits per heavy atom. The number of esters is 1. The Hall–Kier alpha value is -2.82. The Kier molecular flexibility index (Phi) is 4.02. The average Bonchev–Trinajstić information content (AvgIpc) is 2.93. The highest BCUT2D eigenvalue weighted by atomic mass is 16.5. The van der Waals surface area contributed by atoms with E-state index >= 15 is 0 Å². The molecule has 2 aromatic carbocycles. The van der Waals surface area contributed by atoms with Gasteiger partial charge < -0.3 is 14.8 Å². The van der Waals surface area contributed by atoms with Gasteiger partial charge in [0.15, 0.2) is 0 Å². The number of amides is 1. The predicted molar refractivity (Wildman–Crippen MR) is 86.0 cm³/mol. The normalized spacial score (nSPS) is 15.5. The molecule has 1 aliphatic rings. The van der Waals surface area contributed by atoms with Gasteiger partial charge in [0.1, 0.15) is 11.9 Å². The van der Waals surface area contributed by atoms with Gasteiger partial charge >= 0.3 is 5.97 Å². The van der Waals surface area contributed by atoms with Crippen molar-refractivity contribution < 1.29 is 19.1 Å². The molecule has 0 spiro atoms. The van der Waals surface area contributed by atoms with Gasteiger partial charge in [-0.3, -0.25) is 4.79 Å². The van der Waals surface area contributed by atoms with Crippen LogP contribution in [0.4, 0.5) is 5.69 Å². The quantitative estimate of drug-likeness (QED) is 0.885. The van der Waals surface area contributed by atoms with Crippen LogP contribution in [0.3, 0.4) is 0 Å². The van der Waals surface area contributed by atoms with E-state index in [0.29, 0.717) is 16.8 Å². The van der Waals surface area contributed by atoms with Crippen LogP contribution in [-0.2, 0) is 11.2 Å². The van der Waals surface area contributed by atoms with Crippen molar-refractivity contribution in [1.82, 2.24) is 0 Å². The molecule has 5 nitrogen and oxygen atoms in total. The Bertz CT molecular complexity index is 769. The van der Waals surface area contributed by atoms with Crippen molar-refractivity contribution in [2.45, 2.75) is 19.4 Å². The fourth-order valence-electron chi connectivity index (χ4n) is 2.64. The molecule has 3 rings (SSSR count). The van der Waals surface area contributed by atoms with Crippen LogP contribution in [0.5, 0.6) is 5.75 Å². The van der Waals surface area contributed by atoms with Crippen LogP contribution in [0.15, 0.2) is 42.5 Å². The van der Waals surface area contributed by atoms with Crippen LogP contribution in [0, 0.1) is 0 Å². The second-order valence-corrected chi connectivity index (χ2v) is 5.45. The molecule has 0 aromatic heterocycles. The number of hydrogen-bond donors (Lipinski definition) is 1. The first-order valence-electron chi connectivity index (χ1n) is 7.36. The number of benzene rings is 2. The van der Waals surface area contributed by atoms with Gasteiger partial charge in [0.25, 0.3) is 5.91 Å². The highest BCUT2D eigenvalue weighted by molar-refractivity contribution is 6.08. The third kappa shape index (κ3) is 3.04. The smallest absolute Gasteiger partial charge is 0.339 e. The summed E-state index contributed by atoms with van der Waals surface area (Å²) in [5, 5.41) is 2.76. The number of methoxy groups -OCH3 is 1. The fourth-order valence-corrected chi connectivity index (χ4v) is 2.64. The summed E-state index contributed by atoms with van der Waals surface area (Å²) in [6, 6.07) is 12.1. The molecule has 0 fully saturated rings. The van der Waals surface area contributed by atoms with E-state index in [2.05, 4.69) is 5.32 Å². The summed E-state index contributed by atoms with van der Waals surface area (Å²) >= 11 is 0. The monoisotopic (exact) mass is 311 g/mol. The molecule has 23 heavy (non-hydrogen) atoms. The predicted octanol–water partition coefficient (Wildman–Crippen LogP) is 3.05. The van der Waals surface area contributed by atoms with Crippen LogP contribution in [0.25, 0.3) is 0 Å². The molecule has 0 aliphatic carbocycles. The lowest BCUT2D eigenvalue weighted by Crippen LogP contribution is -2.15. The first-order valence-corrected chi connectivity index (χ1v) is 7.36. The topological polar surface area (TPSA) is 64.6 Å². The van der Waals surface area contributed by atoms with Gasteiger partial charge in [-0.05, 0) is 42.8 Å². The first-order chi connectivity index (χ1) is 11.1. The minimum absolute atomic E-state index is 0.128. The lowest BCUT2D eigenvalue weighted by molar-refractivity contribution is 0.0602. The molecule has 118 valence electrons. The van der Waals surface area contributed by atoms with Crippen molar-refractivity contribution in [3.05, 3.63) is 59.2 Å². The van der Waals surface area contributed by atoms with Crippen LogP contribution in [-0.4, -0.2) is 25.1 Å². The molecule has 1 aliphatic heterocycles. The number of fused-ring (bicyclic) bond motifs is 1. The molecule has 0 unspecified atom stereocenters. The van der Waals surface area contributed by atoms with Crippen molar-refractivity contribution in [2.24, 2.45) is 0 Å². The Labute approximate surface area is 134 Å². The summed E-state index contributed by atoms with van der Waals surface area (Å²) in [5.74, 6) is 0.0600. The minimum Gasteiger partial charge on any atom is -0.490 e. The summed E-state index contributed by atoms with van der Waals surface area (Å²) in [6.07, 6.45) is 0.915. The van der Waals surface area contributed by atoms with E-state index in [4.69, 9.17) is 9.47 Å². The number of carbonyl (C=O) groups is 2. The summed E-state index contributed by atoms with van der Waals surface area (Å²) in [4.78, 5) is 24.2. The number of anilines is 1. The SMILES string of the molecule is COC(=O)c1ccccc1NC(=O)c1ccc2c(c1)C[C@H](C)O2. The van der Waals surface area contributed by atoms with Gasteiger partial charge in [-0.2, -0.15) is 0 Å². The van der Waals surface area contributed by atoms with Gasteiger partial charge in [0.05, 0.1) is 18.4 Å². The summed E-state index contributed by atoms with van der Waals surface area (Å²) in [5.41, 5.74) is 2.29. The van der Waals surface area contributed by atoms with Crippen LogP contribution in [0.1, 0.15) is 33.2 Å². The standard InChI is InChI=1S/C18H17NO4/c1-11-9-13-10-12(7-8-16(13)23-11)17(20)19-15-6-4-3-5-14(15)18(21)22-2/h3-8,10-11H,9H2,1-2H3,(H,19,20)/t11-/m0/s1. The summed E-state index contributed by atoms with van der Waals surface area (Å²) in [7, 11) is 1.31. The van der Waals surface area contributed by atoms with Crippen molar-refractivity contribution in [3.8, 4) is 5.75 Å². The van der Waals surface area contributed by atoms with Crippen LogP contribution in [0.2, 0.25) is 0 Å². The minimum atomic E-state index is -0.489. The van der Waals surface area contributed by atoms with Crippen LogP contribution < -0.4 is 10.1 Å². The van der Waals surface area contributed by atoms with Gasteiger partial charge in [-0.25, -0.2) is 4.79 Å². The molecule has 0 bridgehead atoms. The third-order valence-electron chi connectivity index (χ3n) is 3.74. The number of para-hydroxylation sites is 1. The van der Waals surface area contributed by atoms with E-state index in [0.717, 1.165) is 17.7 Å². The van der Waals surface area contributed by atoms with E-state index in [1.165, 1.54) is 7.11 Å². The zero-order chi connectivity index (χ0) is 16.4. The van der Waals surface area contributed by atoms with Crippen molar-refractivity contribution in [2.75, 3.05) is 12.4 Å². The molecule has 1 amide bonds. The Balaban J connectivity index is 1.83.